The summed E-state index contributed by atoms with van der Waals surface area (Å²) in [6.07, 6.45) is 3.09. The van der Waals surface area contributed by atoms with Crippen LogP contribution >= 0.6 is 0 Å². The minimum atomic E-state index is -0.863. The Morgan fingerprint density at radius 1 is 1.06 bits per heavy atom. The molecule has 2 aliphatic heterocycles. The van der Waals surface area contributed by atoms with Gasteiger partial charge in [0.15, 0.2) is 11.5 Å². The zero-order chi connectivity index (χ0) is 23.8. The average molecular weight is 458 g/mol. The molecule has 1 N–H and O–H groups in total. The van der Waals surface area contributed by atoms with E-state index in [2.05, 4.69) is 4.98 Å². The van der Waals surface area contributed by atoms with Gasteiger partial charge in [-0.1, -0.05) is 12.1 Å². The van der Waals surface area contributed by atoms with Gasteiger partial charge in [-0.3, -0.25) is 19.5 Å². The first kappa shape index (κ1) is 21.5. The summed E-state index contributed by atoms with van der Waals surface area (Å²) >= 11 is 0. The van der Waals surface area contributed by atoms with Crippen molar-refractivity contribution in [1.29, 1.82) is 0 Å². The quantitative estimate of drug-likeness (QED) is 0.347. The SMILES string of the molecule is CC(C)Oc1cccc(/C(O)=C2\C(=O)C(=O)N(c3ccc4c(c3)OCO4)C2c2ccncc2)c1. The van der Waals surface area contributed by atoms with Crippen LogP contribution in [0.5, 0.6) is 17.2 Å². The second kappa shape index (κ2) is 8.55. The van der Waals surface area contributed by atoms with E-state index in [-0.39, 0.29) is 24.2 Å². The molecule has 0 bridgehead atoms. The smallest absolute Gasteiger partial charge is 0.300 e. The summed E-state index contributed by atoms with van der Waals surface area (Å²) in [6, 6.07) is 14.4. The number of ether oxygens (including phenoxy) is 3. The van der Waals surface area contributed by atoms with Crippen LogP contribution in [-0.2, 0) is 9.59 Å². The maximum Gasteiger partial charge on any atom is 0.300 e. The number of aliphatic hydroxyl groups is 1. The van der Waals surface area contributed by atoms with Crippen molar-refractivity contribution in [1.82, 2.24) is 4.98 Å². The third-order valence-electron chi connectivity index (χ3n) is 5.58. The van der Waals surface area contributed by atoms with E-state index in [1.165, 1.54) is 4.90 Å². The van der Waals surface area contributed by atoms with Gasteiger partial charge < -0.3 is 19.3 Å². The van der Waals surface area contributed by atoms with Gasteiger partial charge in [0.05, 0.1) is 17.7 Å². The molecule has 1 aromatic heterocycles. The molecule has 1 saturated heterocycles. The summed E-state index contributed by atoms with van der Waals surface area (Å²) < 4.78 is 16.6. The minimum absolute atomic E-state index is 0.0180. The van der Waals surface area contributed by atoms with Gasteiger partial charge in [0.25, 0.3) is 11.7 Å². The maximum absolute atomic E-state index is 13.3. The molecule has 1 amide bonds. The third kappa shape index (κ3) is 3.73. The number of fused-ring (bicyclic) bond motifs is 1. The average Bonchev–Trinajstić information content (AvgIpc) is 3.41. The Balaban J connectivity index is 1.66. The summed E-state index contributed by atoms with van der Waals surface area (Å²) in [4.78, 5) is 31.9. The number of carbonyl (C=O) groups is 2. The van der Waals surface area contributed by atoms with E-state index < -0.39 is 17.7 Å². The first-order chi connectivity index (χ1) is 16.4. The normalized spacial score (nSPS) is 18.6. The molecule has 1 fully saturated rings. The molecular weight excluding hydrogens is 436 g/mol. The highest BCUT2D eigenvalue weighted by Gasteiger charge is 2.47. The number of aromatic nitrogens is 1. The first-order valence-corrected chi connectivity index (χ1v) is 10.8. The van der Waals surface area contributed by atoms with E-state index in [0.29, 0.717) is 34.1 Å². The van der Waals surface area contributed by atoms with Gasteiger partial charge >= 0.3 is 0 Å². The predicted molar refractivity (Wildman–Crippen MR) is 124 cm³/mol. The fraction of sp³-hybridized carbons (Fsp3) is 0.192. The molecule has 3 heterocycles. The third-order valence-corrected chi connectivity index (χ3v) is 5.58. The molecule has 1 unspecified atom stereocenters. The Kier molecular flexibility index (Phi) is 5.41. The summed E-state index contributed by atoms with van der Waals surface area (Å²) in [5, 5.41) is 11.3. The lowest BCUT2D eigenvalue weighted by molar-refractivity contribution is -0.132. The van der Waals surface area contributed by atoms with E-state index in [0.717, 1.165) is 0 Å². The van der Waals surface area contributed by atoms with Crippen molar-refractivity contribution in [2.75, 3.05) is 11.7 Å². The fourth-order valence-electron chi connectivity index (χ4n) is 4.14. The molecule has 1 atom stereocenters. The molecule has 3 aromatic rings. The van der Waals surface area contributed by atoms with Gasteiger partial charge in [-0.05, 0) is 55.8 Å². The van der Waals surface area contributed by atoms with Crippen LogP contribution in [0.1, 0.15) is 31.0 Å². The number of carbonyl (C=O) groups excluding carboxylic acids is 2. The van der Waals surface area contributed by atoms with Crippen molar-refractivity contribution in [3.63, 3.8) is 0 Å². The van der Waals surface area contributed by atoms with Crippen LogP contribution in [0.15, 0.2) is 72.6 Å². The van der Waals surface area contributed by atoms with Gasteiger partial charge in [-0.15, -0.1) is 0 Å². The molecule has 0 saturated carbocycles. The van der Waals surface area contributed by atoms with E-state index >= 15 is 0 Å². The standard InChI is InChI=1S/C26H22N2O6/c1-15(2)34-19-5-3-4-17(12-19)24(29)22-23(16-8-10-27-11-9-16)28(26(31)25(22)30)18-6-7-20-21(13-18)33-14-32-20/h3-13,15,23,29H,14H2,1-2H3/b24-22+. The van der Waals surface area contributed by atoms with Crippen LogP contribution in [0.3, 0.4) is 0 Å². The number of amides is 1. The van der Waals surface area contributed by atoms with Gasteiger partial charge in [-0.25, -0.2) is 0 Å². The Morgan fingerprint density at radius 3 is 2.59 bits per heavy atom. The zero-order valence-corrected chi connectivity index (χ0v) is 18.6. The molecule has 172 valence electrons. The molecule has 2 aliphatic rings. The van der Waals surface area contributed by atoms with Crippen molar-refractivity contribution in [2.45, 2.75) is 26.0 Å². The molecule has 2 aromatic carbocycles. The number of aliphatic hydroxyl groups excluding tert-OH is 1. The number of ketones is 1. The molecule has 8 nitrogen and oxygen atoms in total. The van der Waals surface area contributed by atoms with Gasteiger partial charge in [0.1, 0.15) is 11.5 Å². The maximum atomic E-state index is 13.3. The van der Waals surface area contributed by atoms with Crippen molar-refractivity contribution >= 4 is 23.1 Å². The Morgan fingerprint density at radius 2 is 1.82 bits per heavy atom. The summed E-state index contributed by atoms with van der Waals surface area (Å²) in [6.45, 7) is 3.87. The Bertz CT molecular complexity index is 1300. The summed E-state index contributed by atoms with van der Waals surface area (Å²) in [5.41, 5.74) is 1.43. The number of pyridine rings is 1. The summed E-state index contributed by atoms with van der Waals surface area (Å²) in [5.74, 6) is -0.236. The molecular formula is C26H22N2O6. The minimum Gasteiger partial charge on any atom is -0.507 e. The van der Waals surface area contributed by atoms with Crippen LogP contribution < -0.4 is 19.1 Å². The van der Waals surface area contributed by atoms with Gasteiger partial charge in [0.2, 0.25) is 6.79 Å². The number of hydrogen-bond donors (Lipinski definition) is 1. The number of rotatable bonds is 5. The largest absolute Gasteiger partial charge is 0.507 e. The van der Waals surface area contributed by atoms with Crippen molar-refractivity contribution in [3.05, 3.63) is 83.7 Å². The van der Waals surface area contributed by atoms with Crippen molar-refractivity contribution < 1.29 is 28.9 Å². The van der Waals surface area contributed by atoms with Crippen LogP contribution in [0.2, 0.25) is 0 Å². The van der Waals surface area contributed by atoms with E-state index in [1.54, 1.807) is 67.0 Å². The van der Waals surface area contributed by atoms with Crippen molar-refractivity contribution in [3.8, 4) is 17.2 Å². The lowest BCUT2D eigenvalue weighted by Gasteiger charge is -2.25. The van der Waals surface area contributed by atoms with Gasteiger partial charge in [-0.2, -0.15) is 0 Å². The number of nitrogens with zero attached hydrogens (tertiary/aromatic N) is 2. The van der Waals surface area contributed by atoms with E-state index in [1.807, 2.05) is 13.8 Å². The van der Waals surface area contributed by atoms with Crippen LogP contribution in [-0.4, -0.2) is 34.7 Å². The molecule has 0 aliphatic carbocycles. The highest BCUT2D eigenvalue weighted by Crippen LogP contribution is 2.44. The highest BCUT2D eigenvalue weighted by atomic mass is 16.7. The molecule has 5 rings (SSSR count). The zero-order valence-electron chi connectivity index (χ0n) is 18.6. The lowest BCUT2D eigenvalue weighted by atomic mass is 9.95. The van der Waals surface area contributed by atoms with E-state index in [4.69, 9.17) is 14.2 Å². The second-order valence-corrected chi connectivity index (χ2v) is 8.18. The number of anilines is 1. The second-order valence-electron chi connectivity index (χ2n) is 8.18. The first-order valence-electron chi connectivity index (χ1n) is 10.8. The van der Waals surface area contributed by atoms with E-state index in [9.17, 15) is 14.7 Å². The van der Waals surface area contributed by atoms with Crippen LogP contribution in [0.25, 0.3) is 5.76 Å². The molecule has 34 heavy (non-hydrogen) atoms. The Labute approximate surface area is 196 Å². The number of Topliss-reactive ketones (excluding diaryl/α,β-unsaturated/α-hetero) is 1. The van der Waals surface area contributed by atoms with Crippen LogP contribution in [0.4, 0.5) is 5.69 Å². The lowest BCUT2D eigenvalue weighted by Crippen LogP contribution is -2.29. The number of hydrogen-bond acceptors (Lipinski definition) is 7. The number of benzene rings is 2. The van der Waals surface area contributed by atoms with Crippen molar-refractivity contribution in [2.24, 2.45) is 0 Å². The molecule has 0 spiro atoms. The molecule has 8 heteroatoms. The summed E-state index contributed by atoms with van der Waals surface area (Å²) in [7, 11) is 0. The highest BCUT2D eigenvalue weighted by molar-refractivity contribution is 6.51. The van der Waals surface area contributed by atoms with Crippen LogP contribution in [0, 0.1) is 0 Å². The molecule has 0 radical (unpaired) electrons. The predicted octanol–water partition coefficient (Wildman–Crippen LogP) is 4.22. The monoisotopic (exact) mass is 458 g/mol. The fourth-order valence-corrected chi connectivity index (χ4v) is 4.14. The van der Waals surface area contributed by atoms with Gasteiger partial charge in [0, 0.05) is 29.7 Å². The Hall–Kier alpha value is -4.33. The topological polar surface area (TPSA) is 98.2 Å².